The Morgan fingerprint density at radius 3 is 2.69 bits per heavy atom. The molecule has 0 radical (unpaired) electrons. The third-order valence-corrected chi connectivity index (χ3v) is 7.27. The van der Waals surface area contributed by atoms with Crippen molar-refractivity contribution in [2.24, 2.45) is 0 Å². The number of nitrogens with zero attached hydrogens (tertiary/aromatic N) is 1. The van der Waals surface area contributed by atoms with Crippen molar-refractivity contribution < 1.29 is 13.2 Å². The SMILES string of the molecule is CCN(c1cccc(C)c1)S(=O)(=O)c1ccc2c(c1)NC(=O)C[C@@H](C)S2. The minimum Gasteiger partial charge on any atom is -0.325 e. The molecule has 1 aliphatic rings. The second kappa shape index (κ2) is 7.32. The van der Waals surface area contributed by atoms with E-state index in [-0.39, 0.29) is 16.1 Å². The fraction of sp³-hybridized carbons (Fsp3) is 0.316. The van der Waals surface area contributed by atoms with Gasteiger partial charge in [0.1, 0.15) is 0 Å². The number of hydrogen-bond donors (Lipinski definition) is 1. The summed E-state index contributed by atoms with van der Waals surface area (Å²) in [6.45, 7) is 6.05. The van der Waals surface area contributed by atoms with E-state index in [0.717, 1.165) is 10.5 Å². The van der Waals surface area contributed by atoms with Crippen molar-refractivity contribution in [3.05, 3.63) is 48.0 Å². The average Bonchev–Trinajstić information content (AvgIpc) is 2.70. The second-order valence-corrected chi connectivity index (χ2v) is 9.69. The van der Waals surface area contributed by atoms with Crippen LogP contribution in [0.5, 0.6) is 0 Å². The third-order valence-electron chi connectivity index (χ3n) is 4.19. The Hall–Kier alpha value is -1.99. The number of nitrogens with one attached hydrogen (secondary N) is 1. The summed E-state index contributed by atoms with van der Waals surface area (Å²) in [6, 6.07) is 12.4. The predicted octanol–water partition coefficient (Wildman–Crippen LogP) is 4.03. The van der Waals surface area contributed by atoms with Crippen molar-refractivity contribution in [3.63, 3.8) is 0 Å². The lowest BCUT2D eigenvalue weighted by atomic mass is 10.2. The minimum atomic E-state index is -3.72. The second-order valence-electron chi connectivity index (χ2n) is 6.35. The van der Waals surface area contributed by atoms with Crippen LogP contribution in [0.1, 0.15) is 25.8 Å². The van der Waals surface area contributed by atoms with Gasteiger partial charge in [-0.3, -0.25) is 9.10 Å². The van der Waals surface area contributed by atoms with Crippen molar-refractivity contribution in [1.29, 1.82) is 0 Å². The molecule has 5 nitrogen and oxygen atoms in total. The van der Waals surface area contributed by atoms with Crippen molar-refractivity contribution in [1.82, 2.24) is 0 Å². The van der Waals surface area contributed by atoms with E-state index < -0.39 is 10.0 Å². The lowest BCUT2D eigenvalue weighted by Crippen LogP contribution is -2.30. The van der Waals surface area contributed by atoms with Gasteiger partial charge in [0.2, 0.25) is 5.91 Å². The molecule has 1 aliphatic heterocycles. The van der Waals surface area contributed by atoms with Crippen molar-refractivity contribution in [2.75, 3.05) is 16.2 Å². The zero-order chi connectivity index (χ0) is 18.9. The predicted molar refractivity (Wildman–Crippen MR) is 106 cm³/mol. The monoisotopic (exact) mass is 390 g/mol. The Morgan fingerprint density at radius 1 is 1.23 bits per heavy atom. The Labute approximate surface area is 158 Å². The van der Waals surface area contributed by atoms with Crippen LogP contribution in [0, 0.1) is 6.92 Å². The van der Waals surface area contributed by atoms with Crippen LogP contribution in [0.2, 0.25) is 0 Å². The Kier molecular flexibility index (Phi) is 5.29. The number of fused-ring (bicyclic) bond motifs is 1. The van der Waals surface area contributed by atoms with Gasteiger partial charge in [-0.25, -0.2) is 8.42 Å². The van der Waals surface area contributed by atoms with Gasteiger partial charge in [-0.1, -0.05) is 19.1 Å². The molecule has 0 fully saturated rings. The zero-order valence-corrected chi connectivity index (χ0v) is 16.7. The number of thioether (sulfide) groups is 1. The largest absolute Gasteiger partial charge is 0.325 e. The van der Waals surface area contributed by atoms with Crippen LogP contribution in [0.3, 0.4) is 0 Å². The van der Waals surface area contributed by atoms with Crippen LogP contribution in [0.15, 0.2) is 52.3 Å². The highest BCUT2D eigenvalue weighted by molar-refractivity contribution is 8.00. The number of hydrogen-bond acceptors (Lipinski definition) is 4. The molecular weight excluding hydrogens is 368 g/mol. The smallest absolute Gasteiger partial charge is 0.264 e. The topological polar surface area (TPSA) is 66.5 Å². The molecule has 0 bridgehead atoms. The first-order chi connectivity index (χ1) is 12.3. The number of carbonyl (C=O) groups is 1. The van der Waals surface area contributed by atoms with Gasteiger partial charge in [-0.2, -0.15) is 0 Å². The van der Waals surface area contributed by atoms with E-state index in [1.165, 1.54) is 4.31 Å². The molecule has 138 valence electrons. The van der Waals surface area contributed by atoms with Crippen LogP contribution >= 0.6 is 11.8 Å². The van der Waals surface area contributed by atoms with Crippen molar-refractivity contribution in [3.8, 4) is 0 Å². The highest BCUT2D eigenvalue weighted by atomic mass is 32.2. The molecule has 1 atom stereocenters. The fourth-order valence-electron chi connectivity index (χ4n) is 2.99. The number of carbonyl (C=O) groups excluding carboxylic acids is 1. The maximum atomic E-state index is 13.2. The first-order valence-electron chi connectivity index (χ1n) is 8.51. The summed E-state index contributed by atoms with van der Waals surface area (Å²) in [5.41, 5.74) is 2.19. The molecule has 0 spiro atoms. The summed E-state index contributed by atoms with van der Waals surface area (Å²) >= 11 is 1.58. The van der Waals surface area contributed by atoms with E-state index in [0.29, 0.717) is 24.3 Å². The molecule has 0 aromatic heterocycles. The van der Waals surface area contributed by atoms with Crippen LogP contribution in [0.25, 0.3) is 0 Å². The van der Waals surface area contributed by atoms with E-state index >= 15 is 0 Å². The summed E-state index contributed by atoms with van der Waals surface area (Å²) in [6.07, 6.45) is 0.409. The van der Waals surface area contributed by atoms with E-state index in [2.05, 4.69) is 5.32 Å². The summed E-state index contributed by atoms with van der Waals surface area (Å²) in [5.74, 6) is -0.0932. The molecular formula is C19H22N2O3S2. The number of amides is 1. The van der Waals surface area contributed by atoms with E-state index in [1.54, 1.807) is 36.0 Å². The van der Waals surface area contributed by atoms with Crippen LogP contribution in [-0.4, -0.2) is 26.1 Å². The number of sulfonamides is 1. The summed E-state index contributed by atoms with van der Waals surface area (Å²) in [7, 11) is -3.72. The van der Waals surface area contributed by atoms with Gasteiger partial charge in [0.25, 0.3) is 10.0 Å². The maximum Gasteiger partial charge on any atom is 0.264 e. The highest BCUT2D eigenvalue weighted by Gasteiger charge is 2.26. The maximum absolute atomic E-state index is 13.2. The summed E-state index contributed by atoms with van der Waals surface area (Å²) < 4.78 is 27.8. The Balaban J connectivity index is 2.03. The van der Waals surface area contributed by atoms with Gasteiger partial charge in [0.05, 0.1) is 16.3 Å². The molecule has 0 saturated heterocycles. The van der Waals surface area contributed by atoms with Crippen LogP contribution < -0.4 is 9.62 Å². The van der Waals surface area contributed by atoms with Gasteiger partial charge < -0.3 is 5.32 Å². The highest BCUT2D eigenvalue weighted by Crippen LogP contribution is 2.37. The minimum absolute atomic E-state index is 0.0932. The van der Waals surface area contributed by atoms with E-state index in [4.69, 9.17) is 0 Å². The average molecular weight is 391 g/mol. The zero-order valence-electron chi connectivity index (χ0n) is 15.0. The molecule has 1 N–H and O–H groups in total. The Bertz CT molecular complexity index is 942. The molecule has 1 amide bonds. The molecule has 0 saturated carbocycles. The van der Waals surface area contributed by atoms with Gasteiger partial charge >= 0.3 is 0 Å². The third kappa shape index (κ3) is 3.73. The molecule has 1 heterocycles. The Morgan fingerprint density at radius 2 is 2.00 bits per heavy atom. The molecule has 0 unspecified atom stereocenters. The molecule has 2 aromatic carbocycles. The fourth-order valence-corrected chi connectivity index (χ4v) is 5.54. The number of anilines is 2. The lowest BCUT2D eigenvalue weighted by molar-refractivity contribution is -0.116. The van der Waals surface area contributed by atoms with Crippen LogP contribution in [0.4, 0.5) is 11.4 Å². The van der Waals surface area contributed by atoms with Gasteiger partial charge in [0, 0.05) is 23.1 Å². The van der Waals surface area contributed by atoms with Gasteiger partial charge in [-0.05, 0) is 49.7 Å². The van der Waals surface area contributed by atoms with Crippen molar-refractivity contribution >= 4 is 39.1 Å². The molecule has 0 aliphatic carbocycles. The van der Waals surface area contributed by atoms with E-state index in [1.807, 2.05) is 39.0 Å². The van der Waals surface area contributed by atoms with Gasteiger partial charge in [-0.15, -0.1) is 11.8 Å². The molecule has 2 aromatic rings. The van der Waals surface area contributed by atoms with E-state index in [9.17, 15) is 13.2 Å². The van der Waals surface area contributed by atoms with Crippen LogP contribution in [-0.2, 0) is 14.8 Å². The first-order valence-corrected chi connectivity index (χ1v) is 10.8. The summed E-state index contributed by atoms with van der Waals surface area (Å²) in [4.78, 5) is 13.0. The normalized spacial score (nSPS) is 17.2. The molecule has 3 rings (SSSR count). The quantitative estimate of drug-likeness (QED) is 0.856. The molecule has 26 heavy (non-hydrogen) atoms. The first kappa shape index (κ1) is 18.8. The number of benzene rings is 2. The number of aryl methyl sites for hydroxylation is 1. The van der Waals surface area contributed by atoms with Gasteiger partial charge in [0.15, 0.2) is 0 Å². The van der Waals surface area contributed by atoms with Crippen molar-refractivity contribution in [2.45, 2.75) is 42.2 Å². The standard InChI is InChI=1S/C19H22N2O3S2/c1-4-21(15-7-5-6-13(2)10-15)26(23,24)16-8-9-18-17(12-16)20-19(22)11-14(3)25-18/h5-10,12,14H,4,11H2,1-3H3,(H,20,22)/t14-/m1/s1. The molecule has 7 heteroatoms. The number of rotatable bonds is 4. The summed E-state index contributed by atoms with van der Waals surface area (Å²) in [5, 5.41) is 2.98. The lowest BCUT2D eigenvalue weighted by Gasteiger charge is -2.24.